The number of carbonyl (C=O) groups is 3. The number of amides is 3. The normalized spacial score (nSPS) is 13.3. The number of carbonyl (C=O) groups excluding carboxylic acids is 2. The van der Waals surface area contributed by atoms with Gasteiger partial charge < -0.3 is 15.7 Å². The van der Waals surface area contributed by atoms with Crippen molar-refractivity contribution in [2.24, 2.45) is 0 Å². The summed E-state index contributed by atoms with van der Waals surface area (Å²) in [6, 6.07) is 29.4. The smallest absolute Gasteiger partial charge is 0.326 e. The fourth-order valence-electron chi connectivity index (χ4n) is 6.11. The number of para-hydroxylation sites is 1. The van der Waals surface area contributed by atoms with Crippen LogP contribution in [0.3, 0.4) is 0 Å². The molecule has 3 N–H and O–H groups in total. The van der Waals surface area contributed by atoms with Gasteiger partial charge in [0.05, 0.1) is 23.5 Å². The van der Waals surface area contributed by atoms with E-state index in [0.717, 1.165) is 18.4 Å². The van der Waals surface area contributed by atoms with Crippen molar-refractivity contribution >= 4 is 45.0 Å². The molecule has 1 saturated carbocycles. The van der Waals surface area contributed by atoms with E-state index in [0.29, 0.717) is 28.5 Å². The van der Waals surface area contributed by atoms with Gasteiger partial charge in [-0.15, -0.1) is 0 Å². The van der Waals surface area contributed by atoms with Crippen molar-refractivity contribution in [3.05, 3.63) is 120 Å². The minimum atomic E-state index is -3.91. The number of hydrogen-bond donors (Lipinski definition) is 3. The van der Waals surface area contributed by atoms with Crippen molar-refractivity contribution < 1.29 is 27.9 Å². The highest BCUT2D eigenvalue weighted by Gasteiger charge is 2.25. The average Bonchev–Trinajstić information content (AvgIpc) is 3.12. The first-order valence-corrected chi connectivity index (χ1v) is 18.0. The Kier molecular flexibility index (Phi) is 11.7. The summed E-state index contributed by atoms with van der Waals surface area (Å²) in [5.74, 6) is -0.878. The highest BCUT2D eigenvalue weighted by molar-refractivity contribution is 7.92. The van der Waals surface area contributed by atoms with Crippen LogP contribution in [0.15, 0.2) is 108 Å². The van der Waals surface area contributed by atoms with Gasteiger partial charge >= 0.3 is 12.0 Å². The number of sulfonamides is 1. The van der Waals surface area contributed by atoms with Crippen LogP contribution in [0.4, 0.5) is 21.9 Å². The summed E-state index contributed by atoms with van der Waals surface area (Å²) in [4.78, 5) is 38.9. The Labute approximate surface area is 287 Å². The number of carboxylic acid groups (broad SMARTS) is 1. The lowest BCUT2D eigenvalue weighted by Gasteiger charge is -2.26. The van der Waals surface area contributed by atoms with Gasteiger partial charge in [0.15, 0.2) is 0 Å². The van der Waals surface area contributed by atoms with Crippen LogP contribution in [-0.2, 0) is 21.4 Å². The van der Waals surface area contributed by atoms with Gasteiger partial charge in [0.1, 0.15) is 0 Å². The molecule has 5 rings (SSSR count). The predicted octanol–water partition coefficient (Wildman–Crippen LogP) is 7.39. The van der Waals surface area contributed by atoms with E-state index in [2.05, 4.69) is 22.8 Å². The molecule has 1 fully saturated rings. The number of nitrogens with one attached hydrogen (secondary N) is 2. The highest BCUT2D eigenvalue weighted by atomic mass is 32.2. The second-order valence-corrected chi connectivity index (χ2v) is 13.9. The molecule has 1 aliphatic carbocycles. The van der Waals surface area contributed by atoms with Crippen molar-refractivity contribution in [1.29, 1.82) is 0 Å². The van der Waals surface area contributed by atoms with Crippen molar-refractivity contribution in [2.45, 2.75) is 62.8 Å². The Morgan fingerprint density at radius 2 is 1.51 bits per heavy atom. The lowest BCUT2D eigenvalue weighted by atomic mass is 9.84. The first kappa shape index (κ1) is 35.2. The molecular weight excluding hydrogens is 641 g/mol. The molecule has 256 valence electrons. The number of nitrogens with zero attached hydrogens (tertiary/aromatic N) is 2. The van der Waals surface area contributed by atoms with Gasteiger partial charge in [-0.1, -0.05) is 67.8 Å². The summed E-state index contributed by atoms with van der Waals surface area (Å²) in [5, 5.41) is 14.3. The molecule has 0 unspecified atom stereocenters. The number of benzene rings is 4. The molecule has 3 amide bonds. The Bertz CT molecular complexity index is 1840. The van der Waals surface area contributed by atoms with Crippen LogP contribution in [0.5, 0.6) is 0 Å². The SMILES string of the molecule is CCN(c1ccccc1)S(=O)(=O)c1cccc(NC(=O)N(Cc2ccc(C(=O)NCCC(=O)O)cc2)c2ccc(C3CCCCC3)cc2)c1. The summed E-state index contributed by atoms with van der Waals surface area (Å²) in [7, 11) is -3.91. The lowest BCUT2D eigenvalue weighted by Crippen LogP contribution is -2.35. The minimum Gasteiger partial charge on any atom is -0.481 e. The standard InChI is InChI=1S/C38H42N4O6S/c1-2-42(34-13-7-4-8-14-34)49(47,48)35-15-9-12-32(26-35)40-38(46)41(33-22-20-30(21-23-33)29-10-5-3-6-11-29)27-28-16-18-31(19-17-28)37(45)39-25-24-36(43)44/h4,7-9,12-23,26,29H,2-3,5-6,10-11,24-25,27H2,1H3,(H,39,45)(H,40,46)(H,43,44). The van der Waals surface area contributed by atoms with Crippen LogP contribution in [0.25, 0.3) is 0 Å². The van der Waals surface area contributed by atoms with Crippen molar-refractivity contribution in [3.63, 3.8) is 0 Å². The third-order valence-electron chi connectivity index (χ3n) is 8.71. The second-order valence-electron chi connectivity index (χ2n) is 12.1. The summed E-state index contributed by atoms with van der Waals surface area (Å²) >= 11 is 0. The predicted molar refractivity (Wildman–Crippen MR) is 192 cm³/mol. The molecule has 10 nitrogen and oxygen atoms in total. The molecule has 4 aromatic carbocycles. The maximum atomic E-state index is 14.0. The van der Waals surface area contributed by atoms with E-state index in [1.165, 1.54) is 41.3 Å². The molecule has 0 heterocycles. The number of anilines is 3. The summed E-state index contributed by atoms with van der Waals surface area (Å²) in [5.41, 5.74) is 3.91. The Balaban J connectivity index is 1.38. The van der Waals surface area contributed by atoms with E-state index in [-0.39, 0.29) is 36.9 Å². The van der Waals surface area contributed by atoms with Crippen LogP contribution < -0.4 is 19.8 Å². The molecule has 0 atom stereocenters. The van der Waals surface area contributed by atoms with Crippen LogP contribution in [0.1, 0.15) is 72.9 Å². The zero-order chi connectivity index (χ0) is 34.8. The molecular formula is C38H42N4O6S. The van der Waals surface area contributed by atoms with Crippen molar-refractivity contribution in [2.75, 3.05) is 27.6 Å². The van der Waals surface area contributed by atoms with Crippen LogP contribution in [-0.4, -0.2) is 44.5 Å². The highest BCUT2D eigenvalue weighted by Crippen LogP contribution is 2.34. The Morgan fingerprint density at radius 1 is 0.816 bits per heavy atom. The first-order valence-electron chi connectivity index (χ1n) is 16.6. The van der Waals surface area contributed by atoms with E-state index >= 15 is 0 Å². The maximum absolute atomic E-state index is 14.0. The molecule has 0 bridgehead atoms. The zero-order valence-electron chi connectivity index (χ0n) is 27.5. The molecule has 1 aliphatic rings. The first-order chi connectivity index (χ1) is 23.7. The van der Waals surface area contributed by atoms with Gasteiger partial charge in [-0.05, 0) is 91.4 Å². The van der Waals surface area contributed by atoms with Gasteiger partial charge in [0.25, 0.3) is 15.9 Å². The molecule has 49 heavy (non-hydrogen) atoms. The number of rotatable bonds is 13. The van der Waals surface area contributed by atoms with Gasteiger partial charge in [-0.25, -0.2) is 13.2 Å². The lowest BCUT2D eigenvalue weighted by molar-refractivity contribution is -0.136. The average molecular weight is 683 g/mol. The minimum absolute atomic E-state index is 0.0198. The van der Waals surface area contributed by atoms with Gasteiger partial charge in [0.2, 0.25) is 0 Å². The maximum Gasteiger partial charge on any atom is 0.326 e. The van der Waals surface area contributed by atoms with Crippen LogP contribution in [0, 0.1) is 0 Å². The largest absolute Gasteiger partial charge is 0.481 e. The molecule has 11 heteroatoms. The van der Waals surface area contributed by atoms with Gasteiger partial charge in [0, 0.05) is 30.0 Å². The van der Waals surface area contributed by atoms with E-state index in [4.69, 9.17) is 5.11 Å². The zero-order valence-corrected chi connectivity index (χ0v) is 28.4. The summed E-state index contributed by atoms with van der Waals surface area (Å²) in [6.07, 6.45) is 5.82. The molecule has 0 radical (unpaired) electrons. The Morgan fingerprint density at radius 3 is 2.16 bits per heavy atom. The van der Waals surface area contributed by atoms with E-state index in [1.807, 2.05) is 18.2 Å². The number of urea groups is 1. The number of hydrogen-bond acceptors (Lipinski definition) is 5. The van der Waals surface area contributed by atoms with E-state index < -0.39 is 22.0 Å². The molecule has 0 aliphatic heterocycles. The molecule has 0 spiro atoms. The topological polar surface area (TPSA) is 136 Å². The fourth-order valence-corrected chi connectivity index (χ4v) is 7.63. The van der Waals surface area contributed by atoms with Gasteiger partial charge in [-0.2, -0.15) is 0 Å². The van der Waals surface area contributed by atoms with Crippen molar-refractivity contribution in [3.8, 4) is 0 Å². The van der Waals surface area contributed by atoms with Crippen molar-refractivity contribution in [1.82, 2.24) is 5.32 Å². The van der Waals surface area contributed by atoms with E-state index in [1.54, 1.807) is 72.5 Å². The summed E-state index contributed by atoms with van der Waals surface area (Å²) < 4.78 is 28.7. The number of aliphatic carboxylic acids is 1. The summed E-state index contributed by atoms with van der Waals surface area (Å²) in [6.45, 7) is 2.19. The van der Waals surface area contributed by atoms with Crippen LogP contribution >= 0.6 is 0 Å². The monoisotopic (exact) mass is 682 g/mol. The van der Waals surface area contributed by atoms with E-state index in [9.17, 15) is 22.8 Å². The van der Waals surface area contributed by atoms with Gasteiger partial charge in [-0.3, -0.25) is 18.8 Å². The number of carboxylic acids is 1. The fraction of sp³-hybridized carbons (Fsp3) is 0.289. The quantitative estimate of drug-likeness (QED) is 0.135. The second kappa shape index (κ2) is 16.3. The Hall–Kier alpha value is -5.16. The third kappa shape index (κ3) is 9.05. The third-order valence-corrected chi connectivity index (χ3v) is 10.6. The molecule has 4 aromatic rings. The molecule has 0 aromatic heterocycles. The van der Waals surface area contributed by atoms with Crippen LogP contribution in [0.2, 0.25) is 0 Å². The molecule has 0 saturated heterocycles.